The summed E-state index contributed by atoms with van der Waals surface area (Å²) in [5.41, 5.74) is -0.446. The van der Waals surface area contributed by atoms with Gasteiger partial charge in [-0.15, -0.1) is 0 Å². The quantitative estimate of drug-likeness (QED) is 0.637. The number of amides is 1. The summed E-state index contributed by atoms with van der Waals surface area (Å²) in [5, 5.41) is 2.66. The molecule has 80 valence electrons. The fourth-order valence-electron chi connectivity index (χ4n) is 1.32. The van der Waals surface area contributed by atoms with Crippen LogP contribution in [0.1, 0.15) is 33.6 Å². The highest BCUT2D eigenvalue weighted by Gasteiger charge is 2.28. The minimum Gasteiger partial charge on any atom is -0.460 e. The first-order chi connectivity index (χ1) is 6.38. The number of piperidine rings is 1. The molecular formula is C10H17NO3. The van der Waals surface area contributed by atoms with Gasteiger partial charge in [-0.2, -0.15) is 0 Å². The van der Waals surface area contributed by atoms with Gasteiger partial charge in [-0.25, -0.2) is 0 Å². The maximum atomic E-state index is 11.5. The van der Waals surface area contributed by atoms with Crippen molar-refractivity contribution in [1.29, 1.82) is 0 Å². The Morgan fingerprint density at radius 3 is 2.57 bits per heavy atom. The van der Waals surface area contributed by atoms with Gasteiger partial charge in [0.2, 0.25) is 5.91 Å². The Morgan fingerprint density at radius 1 is 1.50 bits per heavy atom. The van der Waals surface area contributed by atoms with Crippen molar-refractivity contribution in [1.82, 2.24) is 5.32 Å². The molecule has 1 unspecified atom stereocenters. The topological polar surface area (TPSA) is 55.4 Å². The molecule has 1 saturated heterocycles. The third kappa shape index (κ3) is 3.36. The van der Waals surface area contributed by atoms with Crippen LogP contribution in [0.3, 0.4) is 0 Å². The normalized spacial score (nSPS) is 22.8. The lowest BCUT2D eigenvalue weighted by atomic mass is 9.99. The van der Waals surface area contributed by atoms with E-state index in [1.165, 1.54) is 0 Å². The molecule has 1 aliphatic rings. The molecule has 0 aliphatic carbocycles. The van der Waals surface area contributed by atoms with Gasteiger partial charge >= 0.3 is 5.97 Å². The minimum atomic E-state index is -0.446. The number of esters is 1. The van der Waals surface area contributed by atoms with Crippen molar-refractivity contribution in [2.75, 3.05) is 6.54 Å². The number of ether oxygens (including phenoxy) is 1. The van der Waals surface area contributed by atoms with Crippen LogP contribution in [0.15, 0.2) is 0 Å². The SMILES string of the molecule is CC(C)(C)OC(=O)C1CCC(=O)NC1. The van der Waals surface area contributed by atoms with Crippen LogP contribution in [0.25, 0.3) is 0 Å². The van der Waals surface area contributed by atoms with Gasteiger partial charge in [-0.3, -0.25) is 9.59 Å². The van der Waals surface area contributed by atoms with Crippen molar-refractivity contribution < 1.29 is 14.3 Å². The molecule has 14 heavy (non-hydrogen) atoms. The van der Waals surface area contributed by atoms with E-state index in [0.29, 0.717) is 19.4 Å². The molecule has 0 radical (unpaired) electrons. The van der Waals surface area contributed by atoms with Crippen LogP contribution in [-0.2, 0) is 14.3 Å². The lowest BCUT2D eigenvalue weighted by Crippen LogP contribution is -2.40. The number of nitrogens with one attached hydrogen (secondary N) is 1. The summed E-state index contributed by atoms with van der Waals surface area (Å²) in [6.07, 6.45) is 1.02. The van der Waals surface area contributed by atoms with Gasteiger partial charge < -0.3 is 10.1 Å². The van der Waals surface area contributed by atoms with E-state index in [0.717, 1.165) is 0 Å². The summed E-state index contributed by atoms with van der Waals surface area (Å²) in [4.78, 5) is 22.4. The average molecular weight is 199 g/mol. The largest absolute Gasteiger partial charge is 0.460 e. The van der Waals surface area contributed by atoms with Crippen molar-refractivity contribution in [2.24, 2.45) is 5.92 Å². The van der Waals surface area contributed by atoms with Gasteiger partial charge in [0.15, 0.2) is 0 Å². The summed E-state index contributed by atoms with van der Waals surface area (Å²) in [7, 11) is 0. The van der Waals surface area contributed by atoms with Crippen molar-refractivity contribution in [2.45, 2.75) is 39.2 Å². The van der Waals surface area contributed by atoms with Crippen LogP contribution < -0.4 is 5.32 Å². The Labute approximate surface area is 84.0 Å². The molecule has 0 spiro atoms. The summed E-state index contributed by atoms with van der Waals surface area (Å²) in [6, 6.07) is 0. The molecule has 1 aliphatic heterocycles. The first-order valence-electron chi connectivity index (χ1n) is 4.88. The van der Waals surface area contributed by atoms with E-state index in [1.54, 1.807) is 0 Å². The molecule has 0 aromatic heterocycles. The lowest BCUT2D eigenvalue weighted by Gasteiger charge is -2.26. The van der Waals surface area contributed by atoms with Crippen LogP contribution in [-0.4, -0.2) is 24.0 Å². The standard InChI is InChI=1S/C10H17NO3/c1-10(2,3)14-9(13)7-4-5-8(12)11-6-7/h7H,4-6H2,1-3H3,(H,11,12). The molecule has 1 heterocycles. The number of hydrogen-bond donors (Lipinski definition) is 1. The Morgan fingerprint density at radius 2 is 2.14 bits per heavy atom. The maximum absolute atomic E-state index is 11.5. The second kappa shape index (κ2) is 3.98. The fraction of sp³-hybridized carbons (Fsp3) is 0.800. The van der Waals surface area contributed by atoms with Crippen LogP contribution in [0.2, 0.25) is 0 Å². The second-order valence-corrected chi connectivity index (χ2v) is 4.57. The zero-order valence-electron chi connectivity index (χ0n) is 8.92. The Kier molecular flexibility index (Phi) is 3.13. The fourth-order valence-corrected chi connectivity index (χ4v) is 1.32. The van der Waals surface area contributed by atoms with Crippen LogP contribution in [0, 0.1) is 5.92 Å². The number of rotatable bonds is 1. The molecule has 1 fully saturated rings. The molecule has 4 heteroatoms. The molecule has 0 saturated carbocycles. The van der Waals surface area contributed by atoms with Gasteiger partial charge in [0.25, 0.3) is 0 Å². The van der Waals surface area contributed by atoms with E-state index >= 15 is 0 Å². The predicted molar refractivity (Wildman–Crippen MR) is 51.6 cm³/mol. The molecule has 0 bridgehead atoms. The highest BCUT2D eigenvalue weighted by atomic mass is 16.6. The molecule has 1 rings (SSSR count). The van der Waals surface area contributed by atoms with Crippen LogP contribution >= 0.6 is 0 Å². The summed E-state index contributed by atoms with van der Waals surface area (Å²) < 4.78 is 5.22. The molecule has 4 nitrogen and oxygen atoms in total. The highest BCUT2D eigenvalue weighted by Crippen LogP contribution is 2.16. The van der Waals surface area contributed by atoms with Crippen LogP contribution in [0.5, 0.6) is 0 Å². The van der Waals surface area contributed by atoms with Crippen LogP contribution in [0.4, 0.5) is 0 Å². The highest BCUT2D eigenvalue weighted by molar-refractivity contribution is 5.81. The van der Waals surface area contributed by atoms with Gasteiger partial charge in [-0.05, 0) is 27.2 Å². The van der Waals surface area contributed by atoms with Crippen molar-refractivity contribution in [3.8, 4) is 0 Å². The molecule has 0 aromatic carbocycles. The van der Waals surface area contributed by atoms with Gasteiger partial charge in [0, 0.05) is 13.0 Å². The summed E-state index contributed by atoms with van der Waals surface area (Å²) in [6.45, 7) is 5.93. The molecule has 1 atom stereocenters. The molecule has 1 N–H and O–H groups in total. The zero-order chi connectivity index (χ0) is 10.8. The van der Waals surface area contributed by atoms with E-state index in [-0.39, 0.29) is 17.8 Å². The monoisotopic (exact) mass is 199 g/mol. The molecule has 0 aromatic rings. The van der Waals surface area contributed by atoms with Crippen molar-refractivity contribution >= 4 is 11.9 Å². The Bertz CT molecular complexity index is 232. The molecule has 1 amide bonds. The van der Waals surface area contributed by atoms with E-state index < -0.39 is 5.60 Å². The van der Waals surface area contributed by atoms with E-state index in [4.69, 9.17) is 4.74 Å². The predicted octanol–water partition coefficient (Wildman–Crippen LogP) is 0.854. The van der Waals surface area contributed by atoms with Gasteiger partial charge in [0.05, 0.1) is 5.92 Å². The lowest BCUT2D eigenvalue weighted by molar-refractivity contribution is -0.160. The smallest absolute Gasteiger partial charge is 0.311 e. The average Bonchev–Trinajstić information content (AvgIpc) is 2.02. The number of carbonyl (C=O) groups excluding carboxylic acids is 2. The minimum absolute atomic E-state index is 0.0183. The second-order valence-electron chi connectivity index (χ2n) is 4.57. The Balaban J connectivity index is 2.42. The maximum Gasteiger partial charge on any atom is 0.311 e. The zero-order valence-corrected chi connectivity index (χ0v) is 8.92. The third-order valence-electron chi connectivity index (χ3n) is 2.01. The van der Waals surface area contributed by atoms with E-state index in [9.17, 15) is 9.59 Å². The van der Waals surface area contributed by atoms with Gasteiger partial charge in [0.1, 0.15) is 5.60 Å². The van der Waals surface area contributed by atoms with Crippen molar-refractivity contribution in [3.63, 3.8) is 0 Å². The summed E-state index contributed by atoms with van der Waals surface area (Å²) in [5.74, 6) is -0.366. The summed E-state index contributed by atoms with van der Waals surface area (Å²) >= 11 is 0. The first kappa shape index (κ1) is 11.0. The molecular weight excluding hydrogens is 182 g/mol. The van der Waals surface area contributed by atoms with Gasteiger partial charge in [-0.1, -0.05) is 0 Å². The number of carbonyl (C=O) groups is 2. The van der Waals surface area contributed by atoms with E-state index in [2.05, 4.69) is 5.32 Å². The third-order valence-corrected chi connectivity index (χ3v) is 2.01. The van der Waals surface area contributed by atoms with Crippen molar-refractivity contribution in [3.05, 3.63) is 0 Å². The first-order valence-corrected chi connectivity index (χ1v) is 4.88. The Hall–Kier alpha value is -1.06. The van der Waals surface area contributed by atoms with E-state index in [1.807, 2.05) is 20.8 Å². The number of hydrogen-bond acceptors (Lipinski definition) is 3.